The van der Waals surface area contributed by atoms with Gasteiger partial charge in [0.2, 0.25) is 0 Å². The van der Waals surface area contributed by atoms with Crippen LogP contribution in [0.25, 0.3) is 0 Å². The lowest BCUT2D eigenvalue weighted by Crippen LogP contribution is -1.87. The molecule has 0 aromatic carbocycles. The van der Waals surface area contributed by atoms with Crippen LogP contribution in [0.15, 0.2) is 22.5 Å². The summed E-state index contributed by atoms with van der Waals surface area (Å²) >= 11 is 0. The van der Waals surface area contributed by atoms with Crippen molar-refractivity contribution in [1.29, 1.82) is 0 Å². The Morgan fingerprint density at radius 3 is 2.56 bits per heavy atom. The maximum absolute atomic E-state index is 6.23. The quantitative estimate of drug-likeness (QED) is 0.555. The highest BCUT2D eigenvalue weighted by atomic mass is 35.7. The predicted molar refractivity (Wildman–Crippen MR) is 46.9 cm³/mol. The van der Waals surface area contributed by atoms with Gasteiger partial charge in [-0.3, -0.25) is 0 Å². The second kappa shape index (κ2) is 2.39. The summed E-state index contributed by atoms with van der Waals surface area (Å²) in [4.78, 5) is 1.34. The van der Waals surface area contributed by atoms with E-state index in [0.29, 0.717) is 0 Å². The smallest absolute Gasteiger partial charge is 0.00553 e. The first-order chi connectivity index (χ1) is 4.19. The summed E-state index contributed by atoms with van der Waals surface area (Å²) in [5.41, 5.74) is 0. The number of allylic oxidation sites excluding steroid dienone is 3. The zero-order chi connectivity index (χ0) is 6.91. The lowest BCUT2D eigenvalue weighted by atomic mass is 10.5. The minimum atomic E-state index is -0.968. The Morgan fingerprint density at radius 1 is 1.67 bits per heavy atom. The van der Waals surface area contributed by atoms with E-state index in [0.717, 1.165) is 5.75 Å². The minimum absolute atomic E-state index is 0.968. The first-order valence-electron chi connectivity index (χ1n) is 3.05. The van der Waals surface area contributed by atoms with E-state index in [-0.39, 0.29) is 0 Å². The van der Waals surface area contributed by atoms with Crippen molar-refractivity contribution in [2.24, 2.45) is 0 Å². The Kier molecular flexibility index (Phi) is 1.92. The van der Waals surface area contributed by atoms with Crippen molar-refractivity contribution in [3.63, 3.8) is 0 Å². The van der Waals surface area contributed by atoms with Crippen LogP contribution in [0.1, 0.15) is 13.8 Å². The molecule has 0 radical (unpaired) electrons. The Bertz CT molecular complexity index is 172. The third-order valence-corrected chi connectivity index (χ3v) is 5.91. The molecule has 1 aliphatic heterocycles. The monoisotopic (exact) mass is 162 g/mol. The van der Waals surface area contributed by atoms with Gasteiger partial charge in [-0.1, -0.05) is 29.8 Å². The van der Waals surface area contributed by atoms with E-state index in [4.69, 9.17) is 10.7 Å². The van der Waals surface area contributed by atoms with Crippen LogP contribution in [0, 0.1) is 0 Å². The molecule has 0 amide bonds. The second-order valence-corrected chi connectivity index (χ2v) is 6.65. The Balaban J connectivity index is 2.82. The van der Waals surface area contributed by atoms with Crippen LogP contribution in [0.3, 0.4) is 0 Å². The minimum Gasteiger partial charge on any atom is -0.120 e. The molecule has 0 aromatic rings. The SMILES string of the molecule is CCS1(Cl)C=CC=C1C. The molecule has 0 saturated heterocycles. The van der Waals surface area contributed by atoms with Crippen molar-refractivity contribution in [1.82, 2.24) is 0 Å². The van der Waals surface area contributed by atoms with Gasteiger partial charge in [-0.15, -0.1) is 9.24 Å². The topological polar surface area (TPSA) is 0 Å². The summed E-state index contributed by atoms with van der Waals surface area (Å²) in [6.45, 7) is 4.24. The molecule has 0 nitrogen and oxygen atoms in total. The standard InChI is InChI=1S/C7H11ClS/c1-3-9(8)6-4-5-7(9)2/h4-6H,3H2,1-2H3. The van der Waals surface area contributed by atoms with Gasteiger partial charge in [0.25, 0.3) is 0 Å². The molecule has 0 saturated carbocycles. The lowest BCUT2D eigenvalue weighted by molar-refractivity contribution is 1.50. The highest BCUT2D eigenvalue weighted by molar-refractivity contribution is 8.55. The van der Waals surface area contributed by atoms with Crippen LogP contribution in [0.2, 0.25) is 0 Å². The molecule has 1 heterocycles. The van der Waals surface area contributed by atoms with Crippen molar-refractivity contribution in [3.05, 3.63) is 22.5 Å². The summed E-state index contributed by atoms with van der Waals surface area (Å²) in [5.74, 6) is 1.06. The molecule has 0 aliphatic carbocycles. The van der Waals surface area contributed by atoms with Crippen LogP contribution in [0.5, 0.6) is 0 Å². The molecule has 0 N–H and O–H groups in total. The fourth-order valence-corrected chi connectivity index (χ4v) is 2.67. The van der Waals surface area contributed by atoms with Crippen LogP contribution >= 0.6 is 19.9 Å². The van der Waals surface area contributed by atoms with Crippen LogP contribution in [-0.4, -0.2) is 5.75 Å². The number of hydrogen-bond acceptors (Lipinski definition) is 0. The van der Waals surface area contributed by atoms with E-state index in [1.807, 2.05) is 0 Å². The van der Waals surface area contributed by atoms with Crippen LogP contribution < -0.4 is 0 Å². The molecule has 0 aromatic heterocycles. The van der Waals surface area contributed by atoms with Gasteiger partial charge in [0, 0.05) is 0 Å². The van der Waals surface area contributed by atoms with E-state index >= 15 is 0 Å². The summed E-state index contributed by atoms with van der Waals surface area (Å²) in [6.07, 6.45) is 4.16. The molecular formula is C7H11ClS. The number of halogens is 1. The maximum Gasteiger partial charge on any atom is -0.00553 e. The van der Waals surface area contributed by atoms with Gasteiger partial charge < -0.3 is 0 Å². The summed E-state index contributed by atoms with van der Waals surface area (Å²) in [6, 6.07) is 0. The largest absolute Gasteiger partial charge is 0.120 e. The van der Waals surface area contributed by atoms with Gasteiger partial charge in [0.1, 0.15) is 0 Å². The molecule has 1 rings (SSSR count). The summed E-state index contributed by atoms with van der Waals surface area (Å²) < 4.78 is 0. The first kappa shape index (κ1) is 7.23. The molecule has 1 aliphatic rings. The van der Waals surface area contributed by atoms with Gasteiger partial charge in [-0.05, 0) is 23.0 Å². The van der Waals surface area contributed by atoms with E-state index in [1.165, 1.54) is 4.91 Å². The zero-order valence-electron chi connectivity index (χ0n) is 5.73. The summed E-state index contributed by atoms with van der Waals surface area (Å²) in [7, 11) is 5.27. The average molecular weight is 163 g/mol. The van der Waals surface area contributed by atoms with E-state index in [9.17, 15) is 0 Å². The van der Waals surface area contributed by atoms with Crippen molar-refractivity contribution in [2.45, 2.75) is 13.8 Å². The number of hydrogen-bond donors (Lipinski definition) is 0. The van der Waals surface area contributed by atoms with Crippen LogP contribution in [0.4, 0.5) is 0 Å². The van der Waals surface area contributed by atoms with Gasteiger partial charge in [-0.25, -0.2) is 0 Å². The third-order valence-electron chi connectivity index (χ3n) is 1.58. The Hall–Kier alpha value is 0.120. The average Bonchev–Trinajstić information content (AvgIpc) is 2.15. The fraction of sp³-hybridized carbons (Fsp3) is 0.429. The molecule has 1 unspecified atom stereocenters. The lowest BCUT2D eigenvalue weighted by Gasteiger charge is -2.24. The second-order valence-electron chi connectivity index (χ2n) is 2.10. The van der Waals surface area contributed by atoms with Crippen molar-refractivity contribution in [3.8, 4) is 0 Å². The molecule has 1 atom stereocenters. The fourth-order valence-electron chi connectivity index (χ4n) is 0.844. The number of rotatable bonds is 1. The molecule has 9 heavy (non-hydrogen) atoms. The van der Waals surface area contributed by atoms with E-state index < -0.39 is 9.24 Å². The Morgan fingerprint density at radius 2 is 2.33 bits per heavy atom. The van der Waals surface area contributed by atoms with Crippen molar-refractivity contribution < 1.29 is 0 Å². The van der Waals surface area contributed by atoms with Gasteiger partial charge in [-0.2, -0.15) is 0 Å². The molecule has 0 bridgehead atoms. The maximum atomic E-state index is 6.23. The first-order valence-corrected chi connectivity index (χ1v) is 5.74. The molecule has 0 fully saturated rings. The Labute approximate surface area is 62.4 Å². The third kappa shape index (κ3) is 1.17. The zero-order valence-corrected chi connectivity index (χ0v) is 7.30. The van der Waals surface area contributed by atoms with Crippen LogP contribution in [-0.2, 0) is 0 Å². The van der Waals surface area contributed by atoms with Crippen molar-refractivity contribution in [2.75, 3.05) is 5.75 Å². The van der Waals surface area contributed by atoms with E-state index in [2.05, 4.69) is 31.4 Å². The molecule has 2 heteroatoms. The molecule has 52 valence electrons. The highest BCUT2D eigenvalue weighted by Gasteiger charge is 2.19. The summed E-state index contributed by atoms with van der Waals surface area (Å²) in [5, 5.41) is 2.13. The highest BCUT2D eigenvalue weighted by Crippen LogP contribution is 2.63. The van der Waals surface area contributed by atoms with E-state index in [1.54, 1.807) is 0 Å². The van der Waals surface area contributed by atoms with Gasteiger partial charge in [0.15, 0.2) is 0 Å². The molecular weight excluding hydrogens is 152 g/mol. The normalized spacial score (nSPS) is 40.1. The van der Waals surface area contributed by atoms with Gasteiger partial charge in [0.05, 0.1) is 0 Å². The van der Waals surface area contributed by atoms with Crippen molar-refractivity contribution >= 4 is 19.9 Å². The van der Waals surface area contributed by atoms with Gasteiger partial charge >= 0.3 is 0 Å². The molecule has 0 spiro atoms. The predicted octanol–water partition coefficient (Wildman–Crippen LogP) is 3.40.